The molecule has 0 aliphatic carbocycles. The first kappa shape index (κ1) is 22.5. The second-order valence-corrected chi connectivity index (χ2v) is 8.30. The van der Waals surface area contributed by atoms with E-state index in [-0.39, 0.29) is 13.0 Å². The number of nitrogens with one attached hydrogen (secondary N) is 1. The molecule has 0 aromatic heterocycles. The van der Waals surface area contributed by atoms with Crippen LogP contribution in [0.15, 0.2) is 76.5 Å². The number of amides is 1. The maximum atomic E-state index is 12.4. The van der Waals surface area contributed by atoms with E-state index in [0.717, 1.165) is 21.2 Å². The molecule has 3 aromatic carbocycles. The molecule has 33 heavy (non-hydrogen) atoms. The Hall–Kier alpha value is -3.65. The summed E-state index contributed by atoms with van der Waals surface area (Å²) in [5.74, 6) is 0.148. The Morgan fingerprint density at radius 3 is 2.21 bits per heavy atom. The van der Waals surface area contributed by atoms with E-state index in [9.17, 15) is 9.59 Å². The first-order valence-electron chi connectivity index (χ1n) is 10.4. The van der Waals surface area contributed by atoms with Crippen LogP contribution in [0.25, 0.3) is 0 Å². The van der Waals surface area contributed by atoms with Crippen LogP contribution < -0.4 is 19.7 Å². The van der Waals surface area contributed by atoms with Crippen molar-refractivity contribution in [1.29, 1.82) is 0 Å². The van der Waals surface area contributed by atoms with Crippen LogP contribution in [0.1, 0.15) is 6.42 Å². The second kappa shape index (κ2) is 10.3. The first-order chi connectivity index (χ1) is 16.1. The van der Waals surface area contributed by atoms with Gasteiger partial charge in [0, 0.05) is 22.4 Å². The standard InChI is InChI=1S/C25H24N2O5S/c1-30-17-11-12-21(31-2)18(15-17)26-24(28)16-32-25(29)13-14-27-19-7-3-5-9-22(19)33-23-10-6-4-8-20(23)27/h3-12,15H,13-14,16H2,1-2H3,(H,26,28). The molecule has 0 atom stereocenters. The Kier molecular flexibility index (Phi) is 7.04. The van der Waals surface area contributed by atoms with Crippen molar-refractivity contribution in [3.63, 3.8) is 0 Å². The van der Waals surface area contributed by atoms with Crippen LogP contribution >= 0.6 is 11.8 Å². The molecule has 4 rings (SSSR count). The summed E-state index contributed by atoms with van der Waals surface area (Å²) < 4.78 is 15.6. The molecule has 1 heterocycles. The predicted molar refractivity (Wildman–Crippen MR) is 128 cm³/mol. The minimum absolute atomic E-state index is 0.142. The van der Waals surface area contributed by atoms with Gasteiger partial charge in [-0.15, -0.1) is 0 Å². The van der Waals surface area contributed by atoms with E-state index in [1.54, 1.807) is 30.0 Å². The van der Waals surface area contributed by atoms with Crippen molar-refractivity contribution in [2.75, 3.05) is 37.6 Å². The molecule has 170 valence electrons. The molecule has 8 heteroatoms. The van der Waals surface area contributed by atoms with E-state index in [1.165, 1.54) is 14.2 Å². The second-order valence-electron chi connectivity index (χ2n) is 7.21. The van der Waals surface area contributed by atoms with E-state index < -0.39 is 11.9 Å². The average molecular weight is 465 g/mol. The molecule has 1 aliphatic rings. The number of fused-ring (bicyclic) bond motifs is 2. The Morgan fingerprint density at radius 1 is 0.909 bits per heavy atom. The fraction of sp³-hybridized carbons (Fsp3) is 0.200. The Morgan fingerprint density at radius 2 is 1.58 bits per heavy atom. The van der Waals surface area contributed by atoms with E-state index in [0.29, 0.717) is 23.7 Å². The quantitative estimate of drug-likeness (QED) is 0.476. The highest BCUT2D eigenvalue weighted by atomic mass is 32.2. The van der Waals surface area contributed by atoms with E-state index in [4.69, 9.17) is 14.2 Å². The maximum absolute atomic E-state index is 12.4. The lowest BCUT2D eigenvalue weighted by molar-refractivity contribution is -0.147. The van der Waals surface area contributed by atoms with E-state index >= 15 is 0 Å². The van der Waals surface area contributed by atoms with E-state index in [2.05, 4.69) is 22.3 Å². The largest absolute Gasteiger partial charge is 0.497 e. The van der Waals surface area contributed by atoms with Gasteiger partial charge in [-0.25, -0.2) is 0 Å². The highest BCUT2D eigenvalue weighted by molar-refractivity contribution is 7.99. The highest BCUT2D eigenvalue weighted by Crippen LogP contribution is 2.47. The van der Waals surface area contributed by atoms with Crippen molar-refractivity contribution in [2.45, 2.75) is 16.2 Å². The smallest absolute Gasteiger partial charge is 0.308 e. The molecule has 0 fully saturated rings. The van der Waals surface area contributed by atoms with Crippen LogP contribution in [0.5, 0.6) is 11.5 Å². The third-order valence-electron chi connectivity index (χ3n) is 5.12. The van der Waals surface area contributed by atoms with Gasteiger partial charge in [0.2, 0.25) is 0 Å². The Bertz CT molecular complexity index is 1120. The number of methoxy groups -OCH3 is 2. The van der Waals surface area contributed by atoms with Gasteiger partial charge in [0.1, 0.15) is 11.5 Å². The molecular weight excluding hydrogens is 440 g/mol. The molecule has 0 bridgehead atoms. The summed E-state index contributed by atoms with van der Waals surface area (Å²) in [7, 11) is 3.04. The molecule has 3 aromatic rings. The number of ether oxygens (including phenoxy) is 3. The summed E-state index contributed by atoms with van der Waals surface area (Å²) in [5, 5.41) is 2.69. The fourth-order valence-corrected chi connectivity index (χ4v) is 4.64. The summed E-state index contributed by atoms with van der Waals surface area (Å²) in [6, 6.07) is 21.2. The number of hydrogen-bond donors (Lipinski definition) is 1. The number of hydrogen-bond acceptors (Lipinski definition) is 7. The van der Waals surface area contributed by atoms with Gasteiger partial charge in [-0.1, -0.05) is 36.0 Å². The SMILES string of the molecule is COc1ccc(OC)c(NC(=O)COC(=O)CCN2c3ccccc3Sc3ccccc32)c1. The van der Waals surface area contributed by atoms with Gasteiger partial charge < -0.3 is 24.4 Å². The zero-order valence-corrected chi connectivity index (χ0v) is 19.2. The van der Waals surface area contributed by atoms with Crippen LogP contribution in [0, 0.1) is 0 Å². The molecule has 1 N–H and O–H groups in total. The summed E-state index contributed by atoms with van der Waals surface area (Å²) in [6.07, 6.45) is 0.142. The van der Waals surface area contributed by atoms with Crippen molar-refractivity contribution in [2.24, 2.45) is 0 Å². The number of esters is 1. The number of para-hydroxylation sites is 2. The minimum atomic E-state index is -0.458. The van der Waals surface area contributed by atoms with Crippen LogP contribution in [0.3, 0.4) is 0 Å². The van der Waals surface area contributed by atoms with E-state index in [1.807, 2.05) is 36.4 Å². The zero-order chi connectivity index (χ0) is 23.2. The summed E-state index contributed by atoms with van der Waals surface area (Å²) >= 11 is 1.71. The maximum Gasteiger partial charge on any atom is 0.308 e. The third kappa shape index (κ3) is 5.23. The lowest BCUT2D eigenvalue weighted by Crippen LogP contribution is -2.26. The predicted octanol–water partition coefficient (Wildman–Crippen LogP) is 4.88. The van der Waals surface area contributed by atoms with Gasteiger partial charge in [0.05, 0.1) is 37.7 Å². The molecule has 0 saturated heterocycles. The van der Waals surface area contributed by atoms with Crippen molar-refractivity contribution >= 4 is 40.7 Å². The zero-order valence-electron chi connectivity index (χ0n) is 18.4. The number of benzene rings is 3. The van der Waals surface area contributed by atoms with Crippen LogP contribution in [0.4, 0.5) is 17.1 Å². The van der Waals surface area contributed by atoms with Crippen molar-refractivity contribution < 1.29 is 23.8 Å². The van der Waals surface area contributed by atoms with Crippen LogP contribution in [0.2, 0.25) is 0 Å². The number of anilines is 3. The Labute approximate surface area is 196 Å². The number of carbonyl (C=O) groups excluding carboxylic acids is 2. The van der Waals surface area contributed by atoms with Crippen LogP contribution in [-0.2, 0) is 14.3 Å². The molecule has 0 saturated carbocycles. The van der Waals surface area contributed by atoms with Crippen molar-refractivity contribution in [3.8, 4) is 11.5 Å². The number of carbonyl (C=O) groups is 2. The lowest BCUT2D eigenvalue weighted by Gasteiger charge is -2.32. The summed E-state index contributed by atoms with van der Waals surface area (Å²) in [5.41, 5.74) is 2.55. The topological polar surface area (TPSA) is 77.1 Å². The van der Waals surface area contributed by atoms with Gasteiger partial charge in [-0.3, -0.25) is 9.59 Å². The molecular formula is C25H24N2O5S. The summed E-state index contributed by atoms with van der Waals surface area (Å²) in [4.78, 5) is 29.1. The van der Waals surface area contributed by atoms with Crippen molar-refractivity contribution in [3.05, 3.63) is 66.7 Å². The number of rotatable bonds is 8. The van der Waals surface area contributed by atoms with Gasteiger partial charge in [-0.2, -0.15) is 0 Å². The monoisotopic (exact) mass is 464 g/mol. The molecule has 0 unspecified atom stereocenters. The molecule has 0 radical (unpaired) electrons. The third-order valence-corrected chi connectivity index (χ3v) is 6.25. The molecule has 1 amide bonds. The normalized spacial score (nSPS) is 11.8. The lowest BCUT2D eigenvalue weighted by atomic mass is 10.2. The van der Waals surface area contributed by atoms with Gasteiger partial charge >= 0.3 is 5.97 Å². The van der Waals surface area contributed by atoms with Crippen molar-refractivity contribution in [1.82, 2.24) is 0 Å². The Balaban J connectivity index is 1.35. The van der Waals surface area contributed by atoms with Crippen LogP contribution in [-0.4, -0.2) is 39.2 Å². The summed E-state index contributed by atoms with van der Waals surface area (Å²) in [6.45, 7) is 0.0565. The molecule has 1 aliphatic heterocycles. The van der Waals surface area contributed by atoms with Gasteiger partial charge in [0.25, 0.3) is 5.91 Å². The first-order valence-corrected chi connectivity index (χ1v) is 11.2. The molecule has 7 nitrogen and oxygen atoms in total. The number of nitrogens with zero attached hydrogens (tertiary/aromatic N) is 1. The molecule has 0 spiro atoms. The highest BCUT2D eigenvalue weighted by Gasteiger charge is 2.23. The fourth-order valence-electron chi connectivity index (χ4n) is 3.54. The van der Waals surface area contributed by atoms with Gasteiger partial charge in [0.15, 0.2) is 6.61 Å². The van der Waals surface area contributed by atoms with Gasteiger partial charge in [-0.05, 0) is 36.4 Å². The minimum Gasteiger partial charge on any atom is -0.497 e. The average Bonchev–Trinajstić information content (AvgIpc) is 2.85.